The first kappa shape index (κ1) is 10.9. The van der Waals surface area contributed by atoms with E-state index in [9.17, 15) is 8.42 Å². The molecular weight excluding hydrogens is 194 g/mol. The highest BCUT2D eigenvalue weighted by atomic mass is 32.2. The lowest BCUT2D eigenvalue weighted by molar-refractivity contribution is 0.0707. The molecule has 0 amide bonds. The molecule has 0 radical (unpaired) electrons. The first-order valence-electron chi connectivity index (χ1n) is 4.17. The lowest BCUT2D eigenvalue weighted by atomic mass is 10.3. The van der Waals surface area contributed by atoms with Gasteiger partial charge in [-0.3, -0.25) is 0 Å². The molecule has 1 rings (SSSR count). The van der Waals surface area contributed by atoms with E-state index >= 15 is 0 Å². The molecule has 7 heteroatoms. The summed E-state index contributed by atoms with van der Waals surface area (Å²) in [4.78, 5) is 0. The van der Waals surface area contributed by atoms with Crippen molar-refractivity contribution in [1.29, 1.82) is 0 Å². The molecule has 1 atom stereocenters. The third-order valence-corrected chi connectivity index (χ3v) is 2.30. The van der Waals surface area contributed by atoms with Gasteiger partial charge in [0, 0.05) is 19.7 Å². The van der Waals surface area contributed by atoms with Crippen LogP contribution in [0.5, 0.6) is 0 Å². The van der Waals surface area contributed by atoms with Crippen molar-refractivity contribution < 1.29 is 13.2 Å². The van der Waals surface area contributed by atoms with Crippen molar-refractivity contribution in [2.45, 2.75) is 12.5 Å². The van der Waals surface area contributed by atoms with Crippen LogP contribution in [0.4, 0.5) is 0 Å². The Morgan fingerprint density at radius 1 is 1.62 bits per heavy atom. The van der Waals surface area contributed by atoms with E-state index < -0.39 is 10.2 Å². The Bertz CT molecular complexity index is 234. The molecule has 1 aliphatic heterocycles. The highest BCUT2D eigenvalue weighted by molar-refractivity contribution is 7.87. The predicted octanol–water partition coefficient (Wildman–Crippen LogP) is -1.84. The van der Waals surface area contributed by atoms with Gasteiger partial charge in [-0.15, -0.1) is 0 Å². The van der Waals surface area contributed by atoms with E-state index in [1.807, 2.05) is 0 Å². The molecule has 4 N–H and O–H groups in total. The molecule has 1 saturated heterocycles. The predicted molar refractivity (Wildman–Crippen MR) is 48.3 cm³/mol. The molecule has 13 heavy (non-hydrogen) atoms. The minimum Gasteiger partial charge on any atom is -0.375 e. The van der Waals surface area contributed by atoms with Crippen molar-refractivity contribution in [2.24, 2.45) is 5.14 Å². The summed E-state index contributed by atoms with van der Waals surface area (Å²) in [6, 6.07) is 0. The van der Waals surface area contributed by atoms with E-state index in [4.69, 9.17) is 9.88 Å². The summed E-state index contributed by atoms with van der Waals surface area (Å²) in [7, 11) is -3.59. The lowest BCUT2D eigenvalue weighted by Crippen LogP contribution is -2.41. The molecule has 78 valence electrons. The Labute approximate surface area is 78.0 Å². The van der Waals surface area contributed by atoms with Gasteiger partial charge in [0.25, 0.3) is 10.2 Å². The van der Waals surface area contributed by atoms with Crippen molar-refractivity contribution in [3.8, 4) is 0 Å². The first-order valence-corrected chi connectivity index (χ1v) is 5.72. The topological polar surface area (TPSA) is 93.5 Å². The highest BCUT2D eigenvalue weighted by Crippen LogP contribution is 1.96. The second kappa shape index (κ2) is 4.87. The van der Waals surface area contributed by atoms with Crippen LogP contribution in [0.2, 0.25) is 0 Å². The summed E-state index contributed by atoms with van der Waals surface area (Å²) in [5.74, 6) is 0. The number of hydrogen-bond acceptors (Lipinski definition) is 4. The molecule has 1 heterocycles. The Kier molecular flexibility index (Phi) is 4.07. The number of nitrogens with two attached hydrogens (primary N) is 1. The van der Waals surface area contributed by atoms with Gasteiger partial charge in [-0.2, -0.15) is 13.1 Å². The van der Waals surface area contributed by atoms with Crippen LogP contribution in [0, 0.1) is 0 Å². The average Bonchev–Trinajstić information content (AvgIpc) is 2.26. The van der Waals surface area contributed by atoms with Gasteiger partial charge in [0.1, 0.15) is 0 Å². The summed E-state index contributed by atoms with van der Waals surface area (Å²) < 4.78 is 28.7. The van der Waals surface area contributed by atoms with Crippen LogP contribution in [0.1, 0.15) is 6.42 Å². The van der Waals surface area contributed by atoms with Gasteiger partial charge >= 0.3 is 0 Å². The van der Waals surface area contributed by atoms with Gasteiger partial charge in [-0.1, -0.05) is 0 Å². The minimum atomic E-state index is -3.59. The van der Waals surface area contributed by atoms with Gasteiger partial charge in [0.15, 0.2) is 0 Å². The molecule has 1 fully saturated rings. The Balaban J connectivity index is 2.27. The molecule has 0 bridgehead atoms. The molecule has 6 nitrogen and oxygen atoms in total. The largest absolute Gasteiger partial charge is 0.375 e. The van der Waals surface area contributed by atoms with Gasteiger partial charge in [-0.25, -0.2) is 5.14 Å². The molecule has 0 aromatic rings. The van der Waals surface area contributed by atoms with E-state index in [1.165, 1.54) is 0 Å². The molecule has 0 aromatic carbocycles. The van der Waals surface area contributed by atoms with Gasteiger partial charge < -0.3 is 10.1 Å². The van der Waals surface area contributed by atoms with E-state index in [0.717, 1.165) is 13.0 Å². The summed E-state index contributed by atoms with van der Waals surface area (Å²) in [5, 5.41) is 7.91. The molecule has 0 saturated carbocycles. The van der Waals surface area contributed by atoms with Crippen LogP contribution in [0.25, 0.3) is 0 Å². The third kappa shape index (κ3) is 5.17. The van der Waals surface area contributed by atoms with Crippen molar-refractivity contribution >= 4 is 10.2 Å². The summed E-state index contributed by atoms with van der Waals surface area (Å²) in [5.41, 5.74) is 0. The van der Waals surface area contributed by atoms with Gasteiger partial charge in [0.05, 0.1) is 6.10 Å². The lowest BCUT2D eigenvalue weighted by Gasteiger charge is -2.14. The summed E-state index contributed by atoms with van der Waals surface area (Å²) in [6.45, 7) is 2.45. The second-order valence-electron chi connectivity index (χ2n) is 2.94. The highest BCUT2D eigenvalue weighted by Gasteiger charge is 2.13. The fraction of sp³-hybridized carbons (Fsp3) is 1.00. The van der Waals surface area contributed by atoms with Crippen LogP contribution in [-0.2, 0) is 14.9 Å². The maximum atomic E-state index is 10.6. The number of rotatable bonds is 3. The fourth-order valence-corrected chi connectivity index (χ4v) is 1.53. The van der Waals surface area contributed by atoms with E-state index in [-0.39, 0.29) is 12.6 Å². The molecule has 0 aliphatic carbocycles. The van der Waals surface area contributed by atoms with E-state index in [1.54, 1.807) is 0 Å². The second-order valence-corrected chi connectivity index (χ2v) is 4.32. The average molecular weight is 209 g/mol. The normalized spacial score (nSPS) is 25.5. The summed E-state index contributed by atoms with van der Waals surface area (Å²) in [6.07, 6.45) is 0.826. The molecule has 1 aliphatic rings. The Hall–Kier alpha value is -0.210. The number of nitrogens with one attached hydrogen (secondary N) is 2. The van der Waals surface area contributed by atoms with Crippen LogP contribution >= 0.6 is 0 Å². The third-order valence-electron chi connectivity index (χ3n) is 1.74. The zero-order chi connectivity index (χ0) is 9.73. The number of hydrogen-bond donors (Lipinski definition) is 3. The fourth-order valence-electron chi connectivity index (χ4n) is 1.11. The minimum absolute atomic E-state index is 0.124. The molecule has 0 aromatic heterocycles. The Morgan fingerprint density at radius 3 is 3.08 bits per heavy atom. The SMILES string of the molecule is NS(=O)(=O)NCC1CNCCCO1. The van der Waals surface area contributed by atoms with Gasteiger partial charge in [-0.05, 0) is 13.0 Å². The van der Waals surface area contributed by atoms with Crippen LogP contribution < -0.4 is 15.2 Å². The van der Waals surface area contributed by atoms with Crippen molar-refractivity contribution in [3.05, 3.63) is 0 Å². The van der Waals surface area contributed by atoms with E-state index in [2.05, 4.69) is 10.0 Å². The monoisotopic (exact) mass is 209 g/mol. The van der Waals surface area contributed by atoms with Crippen LogP contribution in [0.15, 0.2) is 0 Å². The number of ether oxygens (including phenoxy) is 1. The van der Waals surface area contributed by atoms with Crippen LogP contribution in [0.3, 0.4) is 0 Å². The first-order chi connectivity index (χ1) is 6.08. The zero-order valence-electron chi connectivity index (χ0n) is 7.32. The molecule has 0 spiro atoms. The quantitative estimate of drug-likeness (QED) is 0.509. The standard InChI is InChI=1S/C6H15N3O3S/c7-13(10,11)9-5-6-4-8-2-1-3-12-6/h6,8-9H,1-5H2,(H2,7,10,11). The van der Waals surface area contributed by atoms with Crippen molar-refractivity contribution in [2.75, 3.05) is 26.2 Å². The van der Waals surface area contributed by atoms with Crippen molar-refractivity contribution in [1.82, 2.24) is 10.0 Å². The van der Waals surface area contributed by atoms with Crippen molar-refractivity contribution in [3.63, 3.8) is 0 Å². The van der Waals surface area contributed by atoms with Gasteiger partial charge in [0.2, 0.25) is 0 Å². The Morgan fingerprint density at radius 2 is 2.38 bits per heavy atom. The van der Waals surface area contributed by atoms with Crippen LogP contribution in [-0.4, -0.2) is 40.8 Å². The molecule has 1 unspecified atom stereocenters. The summed E-state index contributed by atoms with van der Waals surface area (Å²) >= 11 is 0. The molecular formula is C6H15N3O3S. The smallest absolute Gasteiger partial charge is 0.274 e. The maximum absolute atomic E-state index is 10.6. The zero-order valence-corrected chi connectivity index (χ0v) is 8.14. The maximum Gasteiger partial charge on any atom is 0.274 e. The van der Waals surface area contributed by atoms with E-state index in [0.29, 0.717) is 13.2 Å².